The van der Waals surface area contributed by atoms with Crippen LogP contribution in [0.5, 0.6) is 0 Å². The van der Waals surface area contributed by atoms with Crippen molar-refractivity contribution in [3.05, 3.63) is 18.0 Å². The number of nitrogens with one attached hydrogen (secondary N) is 2. The number of hydrogen-bond donors (Lipinski definition) is 3. The Bertz CT molecular complexity index is 520. The highest BCUT2D eigenvalue weighted by molar-refractivity contribution is 5.94. The molecule has 6 nitrogen and oxygen atoms in total. The summed E-state index contributed by atoms with van der Waals surface area (Å²) in [4.78, 5) is 23.8. The van der Waals surface area contributed by atoms with E-state index in [0.717, 1.165) is 19.3 Å². The van der Waals surface area contributed by atoms with Gasteiger partial charge in [0.25, 0.3) is 5.91 Å². The number of carbonyl (C=O) groups is 2. The van der Waals surface area contributed by atoms with Gasteiger partial charge in [-0.25, -0.2) is 0 Å². The second kappa shape index (κ2) is 6.65. The Morgan fingerprint density at radius 1 is 1.48 bits per heavy atom. The van der Waals surface area contributed by atoms with Gasteiger partial charge in [-0.15, -0.1) is 0 Å². The molecule has 0 radical (unpaired) electrons. The first kappa shape index (κ1) is 15.4. The van der Waals surface area contributed by atoms with Gasteiger partial charge in [-0.1, -0.05) is 6.92 Å². The lowest BCUT2D eigenvalue weighted by Crippen LogP contribution is -2.35. The van der Waals surface area contributed by atoms with Gasteiger partial charge in [-0.2, -0.15) is 0 Å². The second-order valence-corrected chi connectivity index (χ2v) is 5.68. The Balaban J connectivity index is 1.81. The van der Waals surface area contributed by atoms with Gasteiger partial charge in [0.05, 0.1) is 5.69 Å². The summed E-state index contributed by atoms with van der Waals surface area (Å²) in [5.74, 6) is -0.211. The highest BCUT2D eigenvalue weighted by Gasteiger charge is 2.27. The van der Waals surface area contributed by atoms with Crippen LogP contribution in [0.3, 0.4) is 0 Å². The second-order valence-electron chi connectivity index (χ2n) is 5.68. The maximum atomic E-state index is 12.2. The molecule has 21 heavy (non-hydrogen) atoms. The molecule has 116 valence electrons. The lowest BCUT2D eigenvalue weighted by molar-refractivity contribution is -0.121. The van der Waals surface area contributed by atoms with Crippen LogP contribution in [-0.2, 0) is 4.79 Å². The number of carbonyl (C=O) groups excluding carboxylic acids is 2. The van der Waals surface area contributed by atoms with Crippen molar-refractivity contribution in [2.75, 3.05) is 12.3 Å². The van der Waals surface area contributed by atoms with Crippen LogP contribution in [0.15, 0.2) is 12.3 Å². The van der Waals surface area contributed by atoms with Crippen molar-refractivity contribution < 1.29 is 9.59 Å². The molecule has 1 fully saturated rings. The molecule has 1 saturated carbocycles. The molecule has 0 spiro atoms. The van der Waals surface area contributed by atoms with Crippen LogP contribution in [0, 0.1) is 0 Å². The molecule has 0 aliphatic heterocycles. The fourth-order valence-corrected chi connectivity index (χ4v) is 2.17. The quantitative estimate of drug-likeness (QED) is 0.710. The van der Waals surface area contributed by atoms with Crippen LogP contribution >= 0.6 is 0 Å². The summed E-state index contributed by atoms with van der Waals surface area (Å²) < 4.78 is 1.93. The van der Waals surface area contributed by atoms with Gasteiger partial charge in [-0.05, 0) is 32.3 Å². The predicted octanol–water partition coefficient (Wildman–Crippen LogP) is 1.44. The first-order chi connectivity index (χ1) is 10.0. The molecule has 1 atom stereocenters. The topological polar surface area (TPSA) is 89.2 Å². The van der Waals surface area contributed by atoms with Crippen LogP contribution in [0.4, 0.5) is 5.69 Å². The summed E-state index contributed by atoms with van der Waals surface area (Å²) in [6.45, 7) is 4.31. The van der Waals surface area contributed by atoms with E-state index >= 15 is 0 Å². The van der Waals surface area contributed by atoms with Crippen LogP contribution in [0.1, 0.15) is 56.1 Å². The highest BCUT2D eigenvalue weighted by Crippen LogP contribution is 2.37. The van der Waals surface area contributed by atoms with Crippen LogP contribution in [-0.4, -0.2) is 29.0 Å². The maximum Gasteiger partial charge on any atom is 0.268 e. The van der Waals surface area contributed by atoms with Crippen molar-refractivity contribution in [2.45, 2.75) is 51.6 Å². The van der Waals surface area contributed by atoms with Crippen LogP contribution in [0.25, 0.3) is 0 Å². The summed E-state index contributed by atoms with van der Waals surface area (Å²) in [5.41, 5.74) is 6.94. The third kappa shape index (κ3) is 4.24. The standard InChI is InChI=1S/C15H24N4O2/c1-3-10(2)18-14(20)6-7-17-15(21)13-8-11(16)9-19(13)12-4-5-12/h8-10,12H,3-7,16H2,1-2H3,(H,17,21)(H,18,20). The average molecular weight is 292 g/mol. The molecule has 0 saturated heterocycles. The molecule has 1 aliphatic carbocycles. The Morgan fingerprint density at radius 2 is 2.19 bits per heavy atom. The van der Waals surface area contributed by atoms with Gasteiger partial charge in [0, 0.05) is 31.2 Å². The number of anilines is 1. The Morgan fingerprint density at radius 3 is 2.81 bits per heavy atom. The number of rotatable bonds is 7. The van der Waals surface area contributed by atoms with E-state index in [9.17, 15) is 9.59 Å². The van der Waals surface area contributed by atoms with Crippen LogP contribution in [0.2, 0.25) is 0 Å². The Labute approximate surface area is 125 Å². The molecule has 0 aromatic carbocycles. The number of nitrogen functional groups attached to an aromatic ring is 1. The molecule has 1 aliphatic rings. The molecular weight excluding hydrogens is 268 g/mol. The Hall–Kier alpha value is -1.98. The number of aromatic nitrogens is 1. The zero-order valence-electron chi connectivity index (χ0n) is 12.7. The first-order valence-corrected chi connectivity index (χ1v) is 7.56. The minimum absolute atomic E-state index is 0.0401. The minimum Gasteiger partial charge on any atom is -0.397 e. The zero-order chi connectivity index (χ0) is 15.4. The van der Waals surface area contributed by atoms with Gasteiger partial charge in [0.15, 0.2) is 0 Å². The SMILES string of the molecule is CCC(C)NC(=O)CCNC(=O)c1cc(N)cn1C1CC1. The summed E-state index contributed by atoms with van der Waals surface area (Å²) in [7, 11) is 0. The monoisotopic (exact) mass is 292 g/mol. The van der Waals surface area contributed by atoms with E-state index < -0.39 is 0 Å². The average Bonchev–Trinajstić information content (AvgIpc) is 3.21. The summed E-state index contributed by atoms with van der Waals surface area (Å²) >= 11 is 0. The molecule has 0 bridgehead atoms. The maximum absolute atomic E-state index is 12.2. The highest BCUT2D eigenvalue weighted by atomic mass is 16.2. The molecule has 1 unspecified atom stereocenters. The molecule has 1 heterocycles. The fourth-order valence-electron chi connectivity index (χ4n) is 2.17. The zero-order valence-corrected chi connectivity index (χ0v) is 12.7. The van der Waals surface area contributed by atoms with Crippen molar-refractivity contribution in [1.82, 2.24) is 15.2 Å². The largest absolute Gasteiger partial charge is 0.397 e. The molecule has 6 heteroatoms. The Kier molecular flexibility index (Phi) is 4.88. The first-order valence-electron chi connectivity index (χ1n) is 7.56. The van der Waals surface area contributed by atoms with E-state index in [1.165, 1.54) is 0 Å². The molecule has 1 aromatic rings. The van der Waals surface area contributed by atoms with E-state index in [-0.39, 0.29) is 24.3 Å². The summed E-state index contributed by atoms with van der Waals surface area (Å²) in [6.07, 6.45) is 5.17. The fraction of sp³-hybridized carbons (Fsp3) is 0.600. The van der Waals surface area contributed by atoms with E-state index in [1.807, 2.05) is 24.6 Å². The third-order valence-corrected chi connectivity index (χ3v) is 3.70. The van der Waals surface area contributed by atoms with Crippen molar-refractivity contribution in [3.63, 3.8) is 0 Å². The minimum atomic E-state index is -0.171. The lowest BCUT2D eigenvalue weighted by Gasteiger charge is -2.12. The van der Waals surface area contributed by atoms with Crippen molar-refractivity contribution in [1.29, 1.82) is 0 Å². The van der Waals surface area contributed by atoms with Gasteiger partial charge >= 0.3 is 0 Å². The van der Waals surface area contributed by atoms with Crippen molar-refractivity contribution in [2.24, 2.45) is 0 Å². The van der Waals surface area contributed by atoms with Crippen molar-refractivity contribution in [3.8, 4) is 0 Å². The number of hydrogen-bond acceptors (Lipinski definition) is 3. The van der Waals surface area contributed by atoms with Gasteiger partial charge < -0.3 is 20.9 Å². The van der Waals surface area contributed by atoms with Gasteiger partial charge in [0.1, 0.15) is 5.69 Å². The number of nitrogens with zero attached hydrogens (tertiary/aromatic N) is 1. The smallest absolute Gasteiger partial charge is 0.268 e. The predicted molar refractivity (Wildman–Crippen MR) is 82.0 cm³/mol. The molecule has 4 N–H and O–H groups in total. The third-order valence-electron chi connectivity index (χ3n) is 3.70. The molecule has 2 rings (SSSR count). The number of amides is 2. The van der Waals surface area contributed by atoms with E-state index in [0.29, 0.717) is 24.0 Å². The van der Waals surface area contributed by atoms with Gasteiger partial charge in [0.2, 0.25) is 5.91 Å². The van der Waals surface area contributed by atoms with E-state index in [4.69, 9.17) is 5.73 Å². The number of nitrogens with two attached hydrogens (primary N) is 1. The molecule has 1 aromatic heterocycles. The molecular formula is C15H24N4O2. The normalized spacial score (nSPS) is 15.5. The van der Waals surface area contributed by atoms with Crippen molar-refractivity contribution >= 4 is 17.5 Å². The van der Waals surface area contributed by atoms with E-state index in [1.54, 1.807) is 6.07 Å². The summed E-state index contributed by atoms with van der Waals surface area (Å²) in [6, 6.07) is 2.25. The summed E-state index contributed by atoms with van der Waals surface area (Å²) in [5, 5.41) is 5.65. The van der Waals surface area contributed by atoms with E-state index in [2.05, 4.69) is 10.6 Å². The lowest BCUT2D eigenvalue weighted by atomic mass is 10.2. The molecule has 2 amide bonds. The van der Waals surface area contributed by atoms with Gasteiger partial charge in [-0.3, -0.25) is 9.59 Å². The van der Waals surface area contributed by atoms with Crippen LogP contribution < -0.4 is 16.4 Å².